The Hall–Kier alpha value is -1.86. The molecular formula is C21H18O. The Morgan fingerprint density at radius 2 is 0.955 bits per heavy atom. The predicted octanol–water partition coefficient (Wildman–Crippen LogP) is 3.69. The van der Waals surface area contributed by atoms with E-state index in [-0.39, 0.29) is 6.10 Å². The lowest BCUT2D eigenvalue weighted by atomic mass is 9.52. The molecule has 0 radical (unpaired) electrons. The van der Waals surface area contributed by atoms with Crippen molar-refractivity contribution >= 4 is 0 Å². The van der Waals surface area contributed by atoms with E-state index < -0.39 is 0 Å². The van der Waals surface area contributed by atoms with Crippen molar-refractivity contribution in [2.45, 2.75) is 17.9 Å². The van der Waals surface area contributed by atoms with Crippen LogP contribution in [0, 0.1) is 23.7 Å². The van der Waals surface area contributed by atoms with Crippen molar-refractivity contribution in [3.05, 3.63) is 82.9 Å². The molecule has 22 heavy (non-hydrogen) atoms. The van der Waals surface area contributed by atoms with Gasteiger partial charge in [-0.15, -0.1) is 0 Å². The van der Waals surface area contributed by atoms with Crippen LogP contribution in [0.4, 0.5) is 0 Å². The molecule has 0 aromatic heterocycles. The normalized spacial score (nSPS) is 42.1. The number of rotatable bonds is 0. The van der Waals surface area contributed by atoms with Gasteiger partial charge in [-0.1, -0.05) is 60.7 Å². The van der Waals surface area contributed by atoms with Gasteiger partial charge in [0.15, 0.2) is 0 Å². The zero-order valence-corrected chi connectivity index (χ0v) is 12.3. The SMILES string of the molecule is OC1[C@H]2C=C[C@H]1[C@H]1C3c4ccccc4C(c4ccccc43)[C@@H]12. The van der Waals surface area contributed by atoms with Gasteiger partial charge in [0, 0.05) is 23.7 Å². The Morgan fingerprint density at radius 3 is 1.32 bits per heavy atom. The monoisotopic (exact) mass is 286 g/mol. The smallest absolute Gasteiger partial charge is 0.0671 e. The van der Waals surface area contributed by atoms with Crippen LogP contribution in [-0.2, 0) is 0 Å². The highest BCUT2D eigenvalue weighted by Gasteiger charge is 2.62. The second-order valence-electron chi connectivity index (χ2n) is 7.40. The molecule has 1 nitrogen and oxygen atoms in total. The van der Waals surface area contributed by atoms with Crippen LogP contribution in [0.25, 0.3) is 0 Å². The van der Waals surface area contributed by atoms with Crippen molar-refractivity contribution in [2.24, 2.45) is 23.7 Å². The van der Waals surface area contributed by atoms with Crippen LogP contribution >= 0.6 is 0 Å². The minimum Gasteiger partial charge on any atom is -0.392 e. The molecule has 5 aliphatic carbocycles. The molecule has 7 rings (SSSR count). The van der Waals surface area contributed by atoms with Crippen molar-refractivity contribution in [3.8, 4) is 0 Å². The molecule has 1 saturated carbocycles. The highest BCUT2D eigenvalue weighted by Crippen LogP contribution is 2.67. The van der Waals surface area contributed by atoms with Gasteiger partial charge in [0.2, 0.25) is 0 Å². The minimum atomic E-state index is -0.163. The van der Waals surface area contributed by atoms with Crippen LogP contribution < -0.4 is 0 Å². The summed E-state index contributed by atoms with van der Waals surface area (Å²) in [6.45, 7) is 0. The maximum atomic E-state index is 10.7. The van der Waals surface area contributed by atoms with Crippen LogP contribution in [0.3, 0.4) is 0 Å². The van der Waals surface area contributed by atoms with E-state index in [1.807, 2.05) is 0 Å². The van der Waals surface area contributed by atoms with Crippen LogP contribution in [0.15, 0.2) is 60.7 Å². The van der Waals surface area contributed by atoms with Crippen LogP contribution in [0.2, 0.25) is 0 Å². The number of aliphatic hydroxyl groups is 1. The molecule has 1 fully saturated rings. The summed E-state index contributed by atoms with van der Waals surface area (Å²) in [6.07, 6.45) is 4.42. The van der Waals surface area contributed by atoms with E-state index in [1.54, 1.807) is 0 Å². The summed E-state index contributed by atoms with van der Waals surface area (Å²) in [4.78, 5) is 0. The molecule has 2 aromatic rings. The Labute approximate surface area is 130 Å². The van der Waals surface area contributed by atoms with Gasteiger partial charge in [-0.3, -0.25) is 0 Å². The summed E-state index contributed by atoms with van der Waals surface area (Å²) in [7, 11) is 0. The number of aliphatic hydroxyl groups excluding tert-OH is 1. The molecule has 1 N–H and O–H groups in total. The summed E-state index contributed by atoms with van der Waals surface area (Å²) >= 11 is 0. The van der Waals surface area contributed by atoms with E-state index in [0.717, 1.165) is 0 Å². The van der Waals surface area contributed by atoms with Gasteiger partial charge in [-0.2, -0.15) is 0 Å². The fourth-order valence-corrected chi connectivity index (χ4v) is 6.17. The molecule has 1 heteroatoms. The van der Waals surface area contributed by atoms with Gasteiger partial charge < -0.3 is 5.11 Å². The van der Waals surface area contributed by atoms with Crippen molar-refractivity contribution in [1.29, 1.82) is 0 Å². The standard InChI is InChI=1S/C21H18O/c22-21-15-9-10-16(21)20-18-12-6-2-1-5-11(12)17(19(15)20)13-7-3-4-8-14(13)18/h1-10,15-22H/t15-,16-,17?,18?,19-,20-,21?/m0/s1. The topological polar surface area (TPSA) is 20.2 Å². The van der Waals surface area contributed by atoms with Gasteiger partial charge in [0.25, 0.3) is 0 Å². The van der Waals surface area contributed by atoms with E-state index >= 15 is 0 Å². The molecule has 4 bridgehead atoms. The fourth-order valence-electron chi connectivity index (χ4n) is 6.17. The van der Waals surface area contributed by atoms with Crippen molar-refractivity contribution in [2.75, 3.05) is 0 Å². The Balaban J connectivity index is 1.69. The number of hydrogen-bond acceptors (Lipinski definition) is 1. The summed E-state index contributed by atoms with van der Waals surface area (Å²) in [5.41, 5.74) is 6.06. The Bertz CT molecular complexity index is 707. The molecule has 0 aliphatic heterocycles. The molecule has 0 heterocycles. The Morgan fingerprint density at radius 1 is 0.591 bits per heavy atom. The average molecular weight is 286 g/mol. The lowest BCUT2D eigenvalue weighted by Crippen LogP contribution is -2.41. The fraction of sp³-hybridized carbons (Fsp3) is 0.333. The molecule has 0 amide bonds. The van der Waals surface area contributed by atoms with Gasteiger partial charge in [0.05, 0.1) is 6.10 Å². The van der Waals surface area contributed by atoms with Crippen molar-refractivity contribution < 1.29 is 5.11 Å². The number of fused-ring (bicyclic) bond motifs is 2. The van der Waals surface area contributed by atoms with Crippen molar-refractivity contribution in [1.82, 2.24) is 0 Å². The number of hydrogen-bond donors (Lipinski definition) is 1. The maximum absolute atomic E-state index is 10.7. The van der Waals surface area contributed by atoms with E-state index in [1.165, 1.54) is 22.3 Å². The minimum absolute atomic E-state index is 0.163. The summed E-state index contributed by atoms with van der Waals surface area (Å²) in [5.74, 6) is 2.81. The lowest BCUT2D eigenvalue weighted by molar-refractivity contribution is 0.127. The van der Waals surface area contributed by atoms with Gasteiger partial charge in [-0.25, -0.2) is 0 Å². The maximum Gasteiger partial charge on any atom is 0.0671 e. The molecule has 2 aromatic carbocycles. The average Bonchev–Trinajstić information content (AvgIpc) is 3.08. The quantitative estimate of drug-likeness (QED) is 0.732. The zero-order chi connectivity index (χ0) is 14.4. The van der Waals surface area contributed by atoms with Crippen molar-refractivity contribution in [3.63, 3.8) is 0 Å². The third kappa shape index (κ3) is 1.11. The van der Waals surface area contributed by atoms with Crippen LogP contribution in [-0.4, -0.2) is 11.2 Å². The predicted molar refractivity (Wildman–Crippen MR) is 85.7 cm³/mol. The highest BCUT2D eigenvalue weighted by atomic mass is 16.3. The first kappa shape index (κ1) is 11.7. The van der Waals surface area contributed by atoms with Gasteiger partial charge >= 0.3 is 0 Å². The van der Waals surface area contributed by atoms with E-state index in [0.29, 0.717) is 35.5 Å². The van der Waals surface area contributed by atoms with E-state index in [4.69, 9.17) is 0 Å². The molecule has 0 unspecified atom stereocenters. The van der Waals surface area contributed by atoms with E-state index in [2.05, 4.69) is 60.7 Å². The molecule has 4 atom stereocenters. The summed E-state index contributed by atoms with van der Waals surface area (Å²) < 4.78 is 0. The molecule has 0 spiro atoms. The second kappa shape index (κ2) is 3.72. The Kier molecular flexibility index (Phi) is 1.97. The summed E-state index contributed by atoms with van der Waals surface area (Å²) in [5, 5.41) is 10.7. The van der Waals surface area contributed by atoms with Gasteiger partial charge in [-0.05, 0) is 34.1 Å². The highest BCUT2D eigenvalue weighted by molar-refractivity contribution is 5.58. The number of benzene rings is 2. The first-order valence-electron chi connectivity index (χ1n) is 8.40. The first-order valence-corrected chi connectivity index (χ1v) is 8.40. The third-order valence-electron chi connectivity index (χ3n) is 6.78. The summed E-state index contributed by atoms with van der Waals surface area (Å²) in [6, 6.07) is 18.0. The zero-order valence-electron chi connectivity index (χ0n) is 12.3. The first-order chi connectivity index (χ1) is 10.9. The van der Waals surface area contributed by atoms with Gasteiger partial charge in [0.1, 0.15) is 0 Å². The van der Waals surface area contributed by atoms with E-state index in [9.17, 15) is 5.11 Å². The van der Waals surface area contributed by atoms with Crippen LogP contribution in [0.5, 0.6) is 0 Å². The lowest BCUT2D eigenvalue weighted by Gasteiger charge is -2.51. The molecular weight excluding hydrogens is 268 g/mol. The third-order valence-corrected chi connectivity index (χ3v) is 6.78. The second-order valence-corrected chi connectivity index (χ2v) is 7.40. The molecule has 0 saturated heterocycles. The largest absolute Gasteiger partial charge is 0.392 e. The molecule has 5 aliphatic rings. The molecule has 108 valence electrons. The van der Waals surface area contributed by atoms with Crippen LogP contribution in [0.1, 0.15) is 34.1 Å².